The van der Waals surface area contributed by atoms with E-state index in [0.717, 1.165) is 0 Å². The Labute approximate surface area is 151 Å². The van der Waals surface area contributed by atoms with Crippen molar-refractivity contribution < 1.29 is 14.3 Å². The van der Waals surface area contributed by atoms with E-state index in [1.54, 1.807) is 23.1 Å². The molecule has 132 valence electrons. The normalized spacial score (nSPS) is 16.7. The van der Waals surface area contributed by atoms with Crippen molar-refractivity contribution in [2.24, 2.45) is 0 Å². The quantitative estimate of drug-likeness (QED) is 0.909. The fraction of sp³-hybridized carbons (Fsp3) is 0.316. The highest BCUT2D eigenvalue weighted by molar-refractivity contribution is 6.31. The highest BCUT2D eigenvalue weighted by Gasteiger charge is 2.25. The number of rotatable bonds is 4. The number of nitrogens with zero attached hydrogens (tertiary/aromatic N) is 2. The van der Waals surface area contributed by atoms with E-state index in [9.17, 15) is 14.3 Å². The largest absolute Gasteiger partial charge is 0.387 e. The number of hydrogen-bond donors (Lipinski definition) is 1. The molecule has 1 heterocycles. The van der Waals surface area contributed by atoms with Crippen LogP contribution >= 0.6 is 11.6 Å². The molecule has 0 saturated carbocycles. The van der Waals surface area contributed by atoms with Crippen molar-refractivity contribution in [3.63, 3.8) is 0 Å². The van der Waals surface area contributed by atoms with E-state index in [1.165, 1.54) is 12.1 Å². The molecule has 25 heavy (non-hydrogen) atoms. The minimum Gasteiger partial charge on any atom is -0.387 e. The van der Waals surface area contributed by atoms with Gasteiger partial charge in [-0.2, -0.15) is 0 Å². The van der Waals surface area contributed by atoms with E-state index in [-0.39, 0.29) is 11.5 Å². The van der Waals surface area contributed by atoms with Crippen molar-refractivity contribution in [1.82, 2.24) is 9.80 Å². The molecule has 1 amide bonds. The van der Waals surface area contributed by atoms with Gasteiger partial charge in [0.15, 0.2) is 0 Å². The van der Waals surface area contributed by atoms with Crippen LogP contribution in [0.25, 0.3) is 0 Å². The Balaban J connectivity index is 1.56. The number of aliphatic hydroxyl groups excluding tert-OH is 1. The van der Waals surface area contributed by atoms with Crippen molar-refractivity contribution in [2.75, 3.05) is 32.7 Å². The summed E-state index contributed by atoms with van der Waals surface area (Å²) < 4.78 is 13.8. The van der Waals surface area contributed by atoms with Crippen LogP contribution in [0.5, 0.6) is 0 Å². The molecule has 6 heteroatoms. The third-order valence-electron chi connectivity index (χ3n) is 4.46. The molecule has 2 aromatic rings. The summed E-state index contributed by atoms with van der Waals surface area (Å²) in [6, 6.07) is 13.3. The third kappa shape index (κ3) is 4.18. The van der Waals surface area contributed by atoms with Crippen LogP contribution in [0.1, 0.15) is 22.0 Å². The van der Waals surface area contributed by atoms with Gasteiger partial charge >= 0.3 is 0 Å². The van der Waals surface area contributed by atoms with Crippen molar-refractivity contribution in [1.29, 1.82) is 0 Å². The maximum absolute atomic E-state index is 13.8. The topological polar surface area (TPSA) is 43.8 Å². The molecule has 0 unspecified atom stereocenters. The number of piperazine rings is 1. The lowest BCUT2D eigenvalue weighted by Crippen LogP contribution is -2.49. The van der Waals surface area contributed by atoms with Crippen molar-refractivity contribution in [3.8, 4) is 0 Å². The standard InChI is InChI=1S/C19H20ClFN2O2/c20-16-7-3-1-5-14(16)18(24)13-22-9-11-23(12-10-22)19(25)15-6-2-4-8-17(15)21/h1-8,18,24H,9-13H2/t18-/m1/s1. The number of carbonyl (C=O) groups is 1. The van der Waals surface area contributed by atoms with Gasteiger partial charge in [-0.05, 0) is 18.2 Å². The molecule has 3 rings (SSSR count). The van der Waals surface area contributed by atoms with E-state index in [1.807, 2.05) is 18.2 Å². The summed E-state index contributed by atoms with van der Waals surface area (Å²) in [5.74, 6) is -0.784. The molecule has 0 spiro atoms. The van der Waals surface area contributed by atoms with E-state index in [0.29, 0.717) is 43.3 Å². The number of benzene rings is 2. The highest BCUT2D eigenvalue weighted by atomic mass is 35.5. The van der Waals surface area contributed by atoms with Gasteiger partial charge < -0.3 is 10.0 Å². The van der Waals surface area contributed by atoms with Gasteiger partial charge in [0, 0.05) is 43.3 Å². The molecule has 0 bridgehead atoms. The first-order valence-electron chi connectivity index (χ1n) is 8.25. The molecule has 0 aromatic heterocycles. The minimum absolute atomic E-state index is 0.104. The molecule has 0 radical (unpaired) electrons. The summed E-state index contributed by atoms with van der Waals surface area (Å²) in [5.41, 5.74) is 0.807. The summed E-state index contributed by atoms with van der Waals surface area (Å²) in [7, 11) is 0. The fourth-order valence-electron chi connectivity index (χ4n) is 3.03. The van der Waals surface area contributed by atoms with Crippen LogP contribution in [-0.2, 0) is 0 Å². The van der Waals surface area contributed by atoms with Crippen molar-refractivity contribution in [3.05, 3.63) is 70.5 Å². The van der Waals surface area contributed by atoms with Gasteiger partial charge in [0.2, 0.25) is 0 Å². The second-order valence-electron chi connectivity index (χ2n) is 6.11. The summed E-state index contributed by atoms with van der Waals surface area (Å²) in [6.07, 6.45) is -0.678. The Morgan fingerprint density at radius 3 is 2.40 bits per heavy atom. The summed E-state index contributed by atoms with van der Waals surface area (Å²) in [6.45, 7) is 2.71. The zero-order valence-corrected chi connectivity index (χ0v) is 14.5. The average molecular weight is 363 g/mol. The molecule has 1 saturated heterocycles. The maximum atomic E-state index is 13.8. The van der Waals surface area contributed by atoms with Crippen LogP contribution in [0.3, 0.4) is 0 Å². The average Bonchev–Trinajstić information content (AvgIpc) is 2.62. The van der Waals surface area contributed by atoms with E-state index in [2.05, 4.69) is 4.90 Å². The number of amides is 1. The van der Waals surface area contributed by atoms with Gasteiger partial charge in [-0.3, -0.25) is 9.69 Å². The van der Waals surface area contributed by atoms with Gasteiger partial charge in [0.25, 0.3) is 5.91 Å². The lowest BCUT2D eigenvalue weighted by molar-refractivity contribution is 0.0524. The maximum Gasteiger partial charge on any atom is 0.256 e. The highest BCUT2D eigenvalue weighted by Crippen LogP contribution is 2.23. The lowest BCUT2D eigenvalue weighted by atomic mass is 10.1. The first-order chi connectivity index (χ1) is 12.1. The Morgan fingerprint density at radius 2 is 1.72 bits per heavy atom. The summed E-state index contributed by atoms with van der Waals surface area (Å²) >= 11 is 6.12. The minimum atomic E-state index is -0.678. The molecule has 2 aromatic carbocycles. The Kier molecular flexibility index (Phi) is 5.68. The predicted octanol–water partition coefficient (Wildman–Crippen LogP) is 2.97. The van der Waals surface area contributed by atoms with Gasteiger partial charge in [-0.1, -0.05) is 41.9 Å². The first-order valence-corrected chi connectivity index (χ1v) is 8.62. The van der Waals surface area contributed by atoms with Gasteiger partial charge in [0.1, 0.15) is 5.82 Å². The molecule has 1 N–H and O–H groups in total. The lowest BCUT2D eigenvalue weighted by Gasteiger charge is -2.35. The summed E-state index contributed by atoms with van der Waals surface area (Å²) in [4.78, 5) is 16.1. The Hall–Kier alpha value is -1.95. The van der Waals surface area contributed by atoms with Crippen LogP contribution in [0.4, 0.5) is 4.39 Å². The molecule has 1 aliphatic heterocycles. The van der Waals surface area contributed by atoms with Crippen LogP contribution < -0.4 is 0 Å². The van der Waals surface area contributed by atoms with Crippen LogP contribution in [0.15, 0.2) is 48.5 Å². The first kappa shape index (κ1) is 17.9. The monoisotopic (exact) mass is 362 g/mol. The third-order valence-corrected chi connectivity index (χ3v) is 4.80. The smallest absolute Gasteiger partial charge is 0.256 e. The molecule has 4 nitrogen and oxygen atoms in total. The molecular weight excluding hydrogens is 343 g/mol. The van der Waals surface area contributed by atoms with Crippen molar-refractivity contribution >= 4 is 17.5 Å². The van der Waals surface area contributed by atoms with E-state index < -0.39 is 11.9 Å². The van der Waals surface area contributed by atoms with Crippen LogP contribution in [0.2, 0.25) is 5.02 Å². The van der Waals surface area contributed by atoms with Crippen molar-refractivity contribution in [2.45, 2.75) is 6.10 Å². The second-order valence-corrected chi connectivity index (χ2v) is 6.52. The molecule has 1 fully saturated rings. The predicted molar refractivity (Wildman–Crippen MR) is 95.2 cm³/mol. The van der Waals surface area contributed by atoms with Gasteiger partial charge in [-0.15, -0.1) is 0 Å². The molecule has 0 aliphatic carbocycles. The molecule has 1 aliphatic rings. The number of halogens is 2. The SMILES string of the molecule is O=C(c1ccccc1F)N1CCN(C[C@@H](O)c2ccccc2Cl)CC1. The zero-order chi connectivity index (χ0) is 17.8. The van der Waals surface area contributed by atoms with Crippen LogP contribution in [-0.4, -0.2) is 53.5 Å². The Bertz CT molecular complexity index is 748. The van der Waals surface area contributed by atoms with Gasteiger partial charge in [-0.25, -0.2) is 4.39 Å². The number of hydrogen-bond acceptors (Lipinski definition) is 3. The number of aliphatic hydroxyl groups is 1. The number of β-amino-alcohol motifs (C(OH)–C–C–N with tert-alkyl or cyclic N) is 1. The zero-order valence-electron chi connectivity index (χ0n) is 13.7. The van der Waals surface area contributed by atoms with Crippen LogP contribution in [0, 0.1) is 5.82 Å². The fourth-order valence-corrected chi connectivity index (χ4v) is 3.29. The Morgan fingerprint density at radius 1 is 1.08 bits per heavy atom. The molecular formula is C19H20ClFN2O2. The van der Waals surface area contributed by atoms with Gasteiger partial charge in [0.05, 0.1) is 11.7 Å². The molecule has 1 atom stereocenters. The van der Waals surface area contributed by atoms with E-state index in [4.69, 9.17) is 11.6 Å². The second kappa shape index (κ2) is 7.95. The van der Waals surface area contributed by atoms with E-state index >= 15 is 0 Å². The number of carbonyl (C=O) groups excluding carboxylic acids is 1. The summed E-state index contributed by atoms with van der Waals surface area (Å²) in [5, 5.41) is 10.9.